The molecule has 0 N–H and O–H groups in total. The van der Waals surface area contributed by atoms with Crippen molar-refractivity contribution < 1.29 is 0 Å². The summed E-state index contributed by atoms with van der Waals surface area (Å²) in [6, 6.07) is 2.12. The molecule has 0 unspecified atom stereocenters. The third-order valence-corrected chi connectivity index (χ3v) is 2.36. The minimum Gasteiger partial charge on any atom is -0.144 e. The van der Waals surface area contributed by atoms with E-state index in [1.165, 1.54) is 10.4 Å². The van der Waals surface area contributed by atoms with Gasteiger partial charge in [0.2, 0.25) is 0 Å². The molecule has 9 heavy (non-hydrogen) atoms. The molecule has 1 aromatic rings. The van der Waals surface area contributed by atoms with Crippen molar-refractivity contribution >= 4 is 33.3 Å². The van der Waals surface area contributed by atoms with Gasteiger partial charge in [-0.05, 0) is 35.0 Å². The normalized spacial score (nSPS) is 10.9. The van der Waals surface area contributed by atoms with Crippen LogP contribution < -0.4 is 0 Å². The van der Waals surface area contributed by atoms with Crippen LogP contribution in [0.4, 0.5) is 0 Å². The number of thiophene rings is 1. The summed E-state index contributed by atoms with van der Waals surface area (Å²) in [6.45, 7) is 2.11. The monoisotopic (exact) mass is 202 g/mol. The number of rotatable bonds is 1. The van der Waals surface area contributed by atoms with Gasteiger partial charge in [-0.2, -0.15) is 0 Å². The molecule has 0 nitrogen and oxygen atoms in total. The van der Waals surface area contributed by atoms with E-state index in [1.807, 2.05) is 4.99 Å². The minimum atomic E-state index is 1.33. The van der Waals surface area contributed by atoms with Crippen molar-refractivity contribution in [1.82, 2.24) is 0 Å². The fourth-order valence-electron chi connectivity index (χ4n) is 0.612. The van der Waals surface area contributed by atoms with E-state index in [0.717, 1.165) is 0 Å². The molecule has 1 rings (SSSR count). The molecule has 0 amide bonds. The van der Waals surface area contributed by atoms with Crippen LogP contribution in [-0.4, -0.2) is 0 Å². The van der Waals surface area contributed by atoms with E-state index in [9.17, 15) is 0 Å². The average molecular weight is 203 g/mol. The van der Waals surface area contributed by atoms with Crippen molar-refractivity contribution in [2.24, 2.45) is 0 Å². The molecule has 0 aromatic carbocycles. The van der Waals surface area contributed by atoms with Crippen LogP contribution in [0.5, 0.6) is 0 Å². The van der Waals surface area contributed by atoms with Crippen molar-refractivity contribution in [2.75, 3.05) is 0 Å². The topological polar surface area (TPSA) is 0 Å². The minimum absolute atomic E-state index is 1.33. The Morgan fingerprint density at radius 2 is 2.44 bits per heavy atom. The first-order valence-electron chi connectivity index (χ1n) is 2.65. The van der Waals surface area contributed by atoms with Crippen LogP contribution in [0.3, 0.4) is 0 Å². The smallest absolute Gasteiger partial charge is 0.0304 e. The summed E-state index contributed by atoms with van der Waals surface area (Å²) >= 11 is 4.99. The predicted octanol–water partition coefficient (Wildman–Crippen LogP) is 3.42. The third-order valence-electron chi connectivity index (χ3n) is 1.12. The Kier molecular flexibility index (Phi) is 2.49. The Morgan fingerprint density at radius 3 is 2.89 bits per heavy atom. The maximum Gasteiger partial charge on any atom is 0.0304 e. The summed E-state index contributed by atoms with van der Waals surface area (Å²) in [5.41, 5.74) is 1.34. The summed E-state index contributed by atoms with van der Waals surface area (Å²) in [4.78, 5) is 3.21. The van der Waals surface area contributed by atoms with Crippen LogP contribution in [-0.2, 0) is 0 Å². The Hall–Kier alpha value is -0.0800. The standard InChI is InChI=1S/C7H7BrS/c1-6-3-5-9-7(6)2-4-8/h2-5H,1H3/b4-2+. The van der Waals surface area contributed by atoms with E-state index < -0.39 is 0 Å². The number of halogens is 1. The Bertz CT molecular complexity index is 212. The molecule has 0 aliphatic carbocycles. The lowest BCUT2D eigenvalue weighted by molar-refractivity contribution is 1.54. The molecule has 2 heteroatoms. The lowest BCUT2D eigenvalue weighted by Crippen LogP contribution is -1.63. The van der Waals surface area contributed by atoms with E-state index in [-0.39, 0.29) is 0 Å². The van der Waals surface area contributed by atoms with Gasteiger partial charge in [0.25, 0.3) is 0 Å². The molecular weight excluding hydrogens is 196 g/mol. The highest BCUT2D eigenvalue weighted by Crippen LogP contribution is 2.17. The molecular formula is C7H7BrS. The van der Waals surface area contributed by atoms with Gasteiger partial charge in [0.1, 0.15) is 0 Å². The van der Waals surface area contributed by atoms with Crippen molar-refractivity contribution in [3.8, 4) is 0 Å². The highest BCUT2D eigenvalue weighted by atomic mass is 79.9. The maximum absolute atomic E-state index is 3.23. The zero-order valence-electron chi connectivity index (χ0n) is 5.10. The predicted molar refractivity (Wildman–Crippen MR) is 47.0 cm³/mol. The number of aryl methyl sites for hydroxylation is 1. The van der Waals surface area contributed by atoms with Gasteiger partial charge in [0.05, 0.1) is 0 Å². The van der Waals surface area contributed by atoms with Crippen molar-refractivity contribution in [2.45, 2.75) is 6.92 Å². The molecule has 1 aromatic heterocycles. The van der Waals surface area contributed by atoms with E-state index in [2.05, 4.69) is 40.4 Å². The summed E-state index contributed by atoms with van der Waals surface area (Å²) in [7, 11) is 0. The molecule has 0 saturated heterocycles. The first-order chi connectivity index (χ1) is 4.34. The van der Waals surface area contributed by atoms with E-state index in [1.54, 1.807) is 11.3 Å². The second-order valence-electron chi connectivity index (χ2n) is 1.76. The van der Waals surface area contributed by atoms with E-state index in [4.69, 9.17) is 0 Å². The molecule has 0 fully saturated rings. The fourth-order valence-corrected chi connectivity index (χ4v) is 1.87. The van der Waals surface area contributed by atoms with Gasteiger partial charge in [-0.25, -0.2) is 0 Å². The lowest BCUT2D eigenvalue weighted by atomic mass is 10.3. The zero-order valence-corrected chi connectivity index (χ0v) is 7.50. The molecule has 0 aliphatic heterocycles. The molecule has 0 radical (unpaired) electrons. The summed E-state index contributed by atoms with van der Waals surface area (Å²) in [5, 5.41) is 2.09. The van der Waals surface area contributed by atoms with Gasteiger partial charge in [-0.1, -0.05) is 15.9 Å². The van der Waals surface area contributed by atoms with Crippen LogP contribution >= 0.6 is 27.3 Å². The first-order valence-corrected chi connectivity index (χ1v) is 4.45. The largest absolute Gasteiger partial charge is 0.144 e. The Labute approximate surface area is 67.3 Å². The highest BCUT2D eigenvalue weighted by molar-refractivity contribution is 9.11. The molecule has 0 aliphatic rings. The second-order valence-corrected chi connectivity index (χ2v) is 3.24. The number of hydrogen-bond donors (Lipinski definition) is 0. The van der Waals surface area contributed by atoms with Gasteiger partial charge in [-0.15, -0.1) is 11.3 Å². The Morgan fingerprint density at radius 1 is 1.67 bits per heavy atom. The fraction of sp³-hybridized carbons (Fsp3) is 0.143. The molecule has 0 atom stereocenters. The summed E-state index contributed by atoms with van der Waals surface area (Å²) in [5.74, 6) is 0. The SMILES string of the molecule is Cc1ccsc1/C=C/Br. The molecule has 0 saturated carbocycles. The Balaban J connectivity index is 2.94. The van der Waals surface area contributed by atoms with Gasteiger partial charge in [-0.3, -0.25) is 0 Å². The molecule has 48 valence electrons. The maximum atomic E-state index is 3.23. The van der Waals surface area contributed by atoms with Crippen LogP contribution in [0.25, 0.3) is 6.08 Å². The zero-order chi connectivity index (χ0) is 6.69. The molecule has 0 spiro atoms. The number of hydrogen-bond acceptors (Lipinski definition) is 1. The van der Waals surface area contributed by atoms with Crippen LogP contribution in [0, 0.1) is 6.92 Å². The lowest BCUT2D eigenvalue weighted by Gasteiger charge is -1.84. The van der Waals surface area contributed by atoms with Crippen LogP contribution in [0.15, 0.2) is 16.4 Å². The summed E-state index contributed by atoms with van der Waals surface area (Å²) < 4.78 is 0. The van der Waals surface area contributed by atoms with Gasteiger partial charge in [0, 0.05) is 4.88 Å². The molecule has 0 bridgehead atoms. The van der Waals surface area contributed by atoms with Crippen molar-refractivity contribution in [3.05, 3.63) is 26.9 Å². The van der Waals surface area contributed by atoms with Crippen molar-refractivity contribution in [1.29, 1.82) is 0 Å². The van der Waals surface area contributed by atoms with Gasteiger partial charge >= 0.3 is 0 Å². The van der Waals surface area contributed by atoms with Crippen molar-refractivity contribution in [3.63, 3.8) is 0 Å². The third kappa shape index (κ3) is 1.66. The van der Waals surface area contributed by atoms with Crippen LogP contribution in [0.1, 0.15) is 10.4 Å². The first kappa shape index (κ1) is 7.03. The van der Waals surface area contributed by atoms with E-state index in [0.29, 0.717) is 0 Å². The molecule has 1 heterocycles. The average Bonchev–Trinajstić information content (AvgIpc) is 2.18. The highest BCUT2D eigenvalue weighted by Gasteiger charge is 1.91. The van der Waals surface area contributed by atoms with E-state index >= 15 is 0 Å². The quantitative estimate of drug-likeness (QED) is 0.655. The van der Waals surface area contributed by atoms with Gasteiger partial charge in [0.15, 0.2) is 0 Å². The van der Waals surface area contributed by atoms with Crippen LogP contribution in [0.2, 0.25) is 0 Å². The summed E-state index contributed by atoms with van der Waals surface area (Å²) in [6.07, 6.45) is 2.06. The second kappa shape index (κ2) is 3.18. The van der Waals surface area contributed by atoms with Gasteiger partial charge < -0.3 is 0 Å².